The molecule has 1 aromatic heterocycles. The maximum absolute atomic E-state index is 13.2. The second-order valence-corrected chi connectivity index (χ2v) is 5.35. The number of benzene rings is 1. The molecule has 2 N–H and O–H groups in total. The van der Waals surface area contributed by atoms with E-state index in [1.165, 1.54) is 34.4 Å². The summed E-state index contributed by atoms with van der Waals surface area (Å²) in [7, 11) is 1.65. The molecule has 0 saturated heterocycles. The van der Waals surface area contributed by atoms with Crippen LogP contribution in [0.3, 0.4) is 0 Å². The van der Waals surface area contributed by atoms with Gasteiger partial charge in [-0.05, 0) is 25.1 Å². The van der Waals surface area contributed by atoms with Crippen LogP contribution in [0, 0.1) is 12.7 Å². The number of nitrogens with two attached hydrogens (primary N) is 1. The quantitative estimate of drug-likeness (QED) is 0.878. The molecule has 1 amide bonds. The van der Waals surface area contributed by atoms with E-state index in [-0.39, 0.29) is 17.2 Å². The zero-order chi connectivity index (χ0) is 14.0. The summed E-state index contributed by atoms with van der Waals surface area (Å²) in [5.41, 5.74) is 6.83. The van der Waals surface area contributed by atoms with E-state index in [2.05, 4.69) is 4.98 Å². The molecule has 1 heterocycles. The summed E-state index contributed by atoms with van der Waals surface area (Å²) in [5.74, 6) is -0.793. The summed E-state index contributed by atoms with van der Waals surface area (Å²) >= 11 is 1.53. The predicted molar refractivity (Wildman–Crippen MR) is 73.5 cm³/mol. The van der Waals surface area contributed by atoms with Crippen molar-refractivity contribution in [2.24, 2.45) is 0 Å². The Morgan fingerprint density at radius 1 is 1.47 bits per heavy atom. The molecule has 0 unspecified atom stereocenters. The van der Waals surface area contributed by atoms with Crippen LogP contribution in [0.4, 0.5) is 10.1 Å². The first-order valence-electron chi connectivity index (χ1n) is 5.68. The summed E-state index contributed by atoms with van der Waals surface area (Å²) in [6, 6.07) is 3.83. The second-order valence-electron chi connectivity index (χ2n) is 4.29. The number of aryl methyl sites for hydroxylation is 1. The van der Waals surface area contributed by atoms with Crippen molar-refractivity contribution in [1.29, 1.82) is 0 Å². The lowest BCUT2D eigenvalue weighted by molar-refractivity contribution is 0.0783. The average molecular weight is 279 g/mol. The van der Waals surface area contributed by atoms with Crippen LogP contribution in [0.5, 0.6) is 0 Å². The van der Waals surface area contributed by atoms with Crippen LogP contribution in [0.1, 0.15) is 21.1 Å². The summed E-state index contributed by atoms with van der Waals surface area (Å²) in [4.78, 5) is 17.9. The summed E-state index contributed by atoms with van der Waals surface area (Å²) < 4.78 is 13.2. The van der Waals surface area contributed by atoms with Gasteiger partial charge in [0.25, 0.3) is 5.91 Å². The van der Waals surface area contributed by atoms with Gasteiger partial charge in [-0.15, -0.1) is 11.3 Å². The van der Waals surface area contributed by atoms with Crippen molar-refractivity contribution >= 4 is 22.9 Å². The van der Waals surface area contributed by atoms with Gasteiger partial charge in [-0.3, -0.25) is 4.79 Å². The fourth-order valence-electron chi connectivity index (χ4n) is 1.75. The first kappa shape index (κ1) is 13.5. The number of carbonyl (C=O) groups excluding carboxylic acids is 1. The molecule has 0 aliphatic heterocycles. The number of carbonyl (C=O) groups is 1. The predicted octanol–water partition coefficient (Wildman–Crippen LogP) is 2.45. The van der Waals surface area contributed by atoms with Gasteiger partial charge in [-0.1, -0.05) is 0 Å². The van der Waals surface area contributed by atoms with Gasteiger partial charge in [-0.2, -0.15) is 0 Å². The van der Waals surface area contributed by atoms with Crippen LogP contribution >= 0.6 is 11.3 Å². The molecular weight excluding hydrogens is 265 g/mol. The van der Waals surface area contributed by atoms with Gasteiger partial charge in [0.2, 0.25) is 0 Å². The Hall–Kier alpha value is -1.95. The molecule has 19 heavy (non-hydrogen) atoms. The monoisotopic (exact) mass is 279 g/mol. The smallest absolute Gasteiger partial charge is 0.254 e. The maximum atomic E-state index is 13.2. The third-order valence-electron chi connectivity index (χ3n) is 2.58. The van der Waals surface area contributed by atoms with Crippen molar-refractivity contribution in [3.05, 3.63) is 45.7 Å². The molecule has 0 aliphatic rings. The molecule has 0 atom stereocenters. The number of hydrogen-bond donors (Lipinski definition) is 1. The number of rotatable bonds is 3. The average Bonchev–Trinajstić information content (AvgIpc) is 2.72. The number of nitrogens with zero attached hydrogens (tertiary/aromatic N) is 2. The van der Waals surface area contributed by atoms with Crippen molar-refractivity contribution in [3.8, 4) is 0 Å². The summed E-state index contributed by atoms with van der Waals surface area (Å²) in [5, 5.41) is 2.85. The normalized spacial score (nSPS) is 10.5. The number of amides is 1. The fraction of sp³-hybridized carbons (Fsp3) is 0.231. The lowest BCUT2D eigenvalue weighted by Gasteiger charge is -2.16. The largest absolute Gasteiger partial charge is 0.399 e. The van der Waals surface area contributed by atoms with Crippen LogP contribution in [0.2, 0.25) is 0 Å². The van der Waals surface area contributed by atoms with E-state index in [0.29, 0.717) is 6.54 Å². The standard InChI is InChI=1S/C13H14FN3OS/c1-8-16-12(7-19-8)6-17(2)13(18)9-3-10(14)5-11(15)4-9/h3-5,7H,6,15H2,1-2H3. The Balaban J connectivity index is 2.14. The van der Waals surface area contributed by atoms with Crippen LogP contribution in [-0.4, -0.2) is 22.8 Å². The van der Waals surface area contributed by atoms with Crippen LogP contribution in [0.25, 0.3) is 0 Å². The Kier molecular flexibility index (Phi) is 3.80. The van der Waals surface area contributed by atoms with Crippen molar-refractivity contribution in [2.75, 3.05) is 12.8 Å². The number of thiazole rings is 1. The van der Waals surface area contributed by atoms with E-state index in [1.54, 1.807) is 7.05 Å². The molecule has 6 heteroatoms. The fourth-order valence-corrected chi connectivity index (χ4v) is 2.36. The van der Waals surface area contributed by atoms with Crippen molar-refractivity contribution in [3.63, 3.8) is 0 Å². The molecule has 1 aromatic carbocycles. The zero-order valence-electron chi connectivity index (χ0n) is 10.7. The molecule has 0 aliphatic carbocycles. The minimum atomic E-state index is -0.513. The highest BCUT2D eigenvalue weighted by molar-refractivity contribution is 7.09. The summed E-state index contributed by atoms with van der Waals surface area (Å²) in [6.07, 6.45) is 0. The molecular formula is C13H14FN3OS. The molecule has 0 saturated carbocycles. The zero-order valence-corrected chi connectivity index (χ0v) is 11.5. The van der Waals surface area contributed by atoms with Gasteiger partial charge >= 0.3 is 0 Å². The van der Waals surface area contributed by atoms with Crippen molar-refractivity contribution < 1.29 is 9.18 Å². The third kappa shape index (κ3) is 3.29. The molecule has 4 nitrogen and oxygen atoms in total. The highest BCUT2D eigenvalue weighted by Gasteiger charge is 2.14. The van der Waals surface area contributed by atoms with E-state index in [1.807, 2.05) is 12.3 Å². The van der Waals surface area contributed by atoms with Crippen molar-refractivity contribution in [2.45, 2.75) is 13.5 Å². The number of anilines is 1. The van der Waals surface area contributed by atoms with Gasteiger partial charge in [-0.25, -0.2) is 9.37 Å². The minimum Gasteiger partial charge on any atom is -0.399 e. The Bertz CT molecular complexity index is 591. The first-order valence-corrected chi connectivity index (χ1v) is 6.56. The van der Waals surface area contributed by atoms with Crippen LogP contribution in [0.15, 0.2) is 23.6 Å². The molecule has 0 bridgehead atoms. The Morgan fingerprint density at radius 3 is 2.79 bits per heavy atom. The SMILES string of the molecule is Cc1nc(CN(C)C(=O)c2cc(N)cc(F)c2)cs1. The topological polar surface area (TPSA) is 59.2 Å². The number of nitrogen functional groups attached to an aromatic ring is 1. The molecule has 100 valence electrons. The maximum Gasteiger partial charge on any atom is 0.254 e. The Morgan fingerprint density at radius 2 is 2.21 bits per heavy atom. The minimum absolute atomic E-state index is 0.237. The molecule has 0 spiro atoms. The van der Waals surface area contributed by atoms with E-state index in [4.69, 9.17) is 5.73 Å². The van der Waals surface area contributed by atoms with Crippen molar-refractivity contribution in [1.82, 2.24) is 9.88 Å². The summed E-state index contributed by atoms with van der Waals surface area (Å²) in [6.45, 7) is 2.29. The van der Waals surface area contributed by atoms with Gasteiger partial charge in [0, 0.05) is 23.7 Å². The van der Waals surface area contributed by atoms with Gasteiger partial charge < -0.3 is 10.6 Å². The highest BCUT2D eigenvalue weighted by atomic mass is 32.1. The number of aromatic nitrogens is 1. The lowest BCUT2D eigenvalue weighted by atomic mass is 10.1. The van der Waals surface area contributed by atoms with Crippen LogP contribution < -0.4 is 5.73 Å². The van der Waals surface area contributed by atoms with E-state index in [0.717, 1.165) is 10.7 Å². The second kappa shape index (κ2) is 5.36. The van der Waals surface area contributed by atoms with Crippen LogP contribution in [-0.2, 0) is 6.54 Å². The van der Waals surface area contributed by atoms with Gasteiger partial charge in [0.05, 0.1) is 17.2 Å². The van der Waals surface area contributed by atoms with Gasteiger partial charge in [0.1, 0.15) is 5.82 Å². The highest BCUT2D eigenvalue weighted by Crippen LogP contribution is 2.15. The van der Waals surface area contributed by atoms with Gasteiger partial charge in [0.15, 0.2) is 0 Å². The van der Waals surface area contributed by atoms with E-state index in [9.17, 15) is 9.18 Å². The number of halogens is 1. The number of hydrogen-bond acceptors (Lipinski definition) is 4. The molecule has 0 radical (unpaired) electrons. The van der Waals surface area contributed by atoms with E-state index < -0.39 is 5.82 Å². The Labute approximate surface area is 114 Å². The third-order valence-corrected chi connectivity index (χ3v) is 3.40. The first-order chi connectivity index (χ1) is 8.95. The molecule has 2 rings (SSSR count). The lowest BCUT2D eigenvalue weighted by Crippen LogP contribution is -2.26. The molecule has 2 aromatic rings. The van der Waals surface area contributed by atoms with E-state index >= 15 is 0 Å². The molecule has 0 fully saturated rings.